The summed E-state index contributed by atoms with van der Waals surface area (Å²) in [6.07, 6.45) is 0. The lowest BCUT2D eigenvalue weighted by molar-refractivity contribution is 1.24. The largest absolute Gasteiger partial charge is 0.368 e. The molecule has 0 bridgehead atoms. The zero-order chi connectivity index (χ0) is 11.7. The smallest absolute Gasteiger partial charge is 0.221 e. The number of nitrogens with zero attached hydrogens (tertiary/aromatic N) is 2. The van der Waals surface area contributed by atoms with Gasteiger partial charge in [-0.25, -0.2) is 9.97 Å². The molecule has 2 aromatic carbocycles. The van der Waals surface area contributed by atoms with Crippen LogP contribution in [0.15, 0.2) is 54.6 Å². The average Bonchev–Trinajstić information content (AvgIpc) is 2.39. The maximum atomic E-state index is 5.74. The second-order valence-electron chi connectivity index (χ2n) is 3.81. The summed E-state index contributed by atoms with van der Waals surface area (Å²) in [7, 11) is 0. The van der Waals surface area contributed by atoms with Crippen LogP contribution in [0.2, 0.25) is 0 Å². The second-order valence-corrected chi connectivity index (χ2v) is 3.81. The normalized spacial score (nSPS) is 10.6. The fraction of sp³-hybridized carbons (Fsp3) is 0. The lowest BCUT2D eigenvalue weighted by Gasteiger charge is -2.06. The molecular weight excluding hydrogens is 210 g/mol. The van der Waals surface area contributed by atoms with Crippen molar-refractivity contribution in [3.05, 3.63) is 54.6 Å². The molecule has 1 aromatic heterocycles. The average molecular weight is 221 g/mol. The maximum Gasteiger partial charge on any atom is 0.221 e. The lowest BCUT2D eigenvalue weighted by atomic mass is 10.1. The fourth-order valence-electron chi connectivity index (χ4n) is 1.91. The molecule has 2 N–H and O–H groups in total. The predicted molar refractivity (Wildman–Crippen MR) is 69.4 cm³/mol. The summed E-state index contributed by atoms with van der Waals surface area (Å²) in [5, 5.41) is 1.02. The summed E-state index contributed by atoms with van der Waals surface area (Å²) in [4.78, 5) is 8.57. The van der Waals surface area contributed by atoms with Gasteiger partial charge in [-0.1, -0.05) is 48.5 Å². The van der Waals surface area contributed by atoms with Crippen LogP contribution in [0.1, 0.15) is 0 Å². The number of fused-ring (bicyclic) bond motifs is 1. The van der Waals surface area contributed by atoms with Crippen LogP contribution in [0.3, 0.4) is 0 Å². The first-order chi connectivity index (χ1) is 8.34. The Bertz CT molecular complexity index is 663. The molecule has 3 aromatic rings. The minimum Gasteiger partial charge on any atom is -0.368 e. The first-order valence-corrected chi connectivity index (χ1v) is 5.42. The van der Waals surface area contributed by atoms with Gasteiger partial charge in [0.2, 0.25) is 5.95 Å². The number of anilines is 1. The van der Waals surface area contributed by atoms with E-state index >= 15 is 0 Å². The molecule has 82 valence electrons. The van der Waals surface area contributed by atoms with Crippen molar-refractivity contribution >= 4 is 16.9 Å². The number of benzene rings is 2. The summed E-state index contributed by atoms with van der Waals surface area (Å²) < 4.78 is 0. The van der Waals surface area contributed by atoms with Crippen molar-refractivity contribution < 1.29 is 0 Å². The molecular formula is C14H11N3. The highest BCUT2D eigenvalue weighted by atomic mass is 15.0. The van der Waals surface area contributed by atoms with Gasteiger partial charge in [-0.05, 0) is 6.07 Å². The Balaban J connectivity index is 2.36. The van der Waals surface area contributed by atoms with Gasteiger partial charge in [-0.2, -0.15) is 0 Å². The first-order valence-electron chi connectivity index (χ1n) is 5.42. The van der Waals surface area contributed by atoms with Gasteiger partial charge in [0, 0.05) is 10.9 Å². The van der Waals surface area contributed by atoms with Crippen LogP contribution in [-0.2, 0) is 0 Å². The molecule has 0 fully saturated rings. The number of rotatable bonds is 1. The molecule has 0 saturated heterocycles. The molecule has 1 heterocycles. The van der Waals surface area contributed by atoms with E-state index in [4.69, 9.17) is 5.73 Å². The monoisotopic (exact) mass is 221 g/mol. The van der Waals surface area contributed by atoms with Gasteiger partial charge in [0.05, 0.1) is 11.2 Å². The molecule has 0 aliphatic rings. The Hall–Kier alpha value is -2.42. The number of hydrogen-bond acceptors (Lipinski definition) is 3. The number of nitrogens with two attached hydrogens (primary N) is 1. The van der Waals surface area contributed by atoms with E-state index in [-0.39, 0.29) is 0 Å². The number of para-hydroxylation sites is 1. The number of hydrogen-bond donors (Lipinski definition) is 1. The van der Waals surface area contributed by atoms with Crippen LogP contribution in [0, 0.1) is 0 Å². The van der Waals surface area contributed by atoms with Crippen LogP contribution in [0.5, 0.6) is 0 Å². The van der Waals surface area contributed by atoms with Crippen molar-refractivity contribution in [3.63, 3.8) is 0 Å². The maximum absolute atomic E-state index is 5.74. The van der Waals surface area contributed by atoms with Crippen molar-refractivity contribution in [1.29, 1.82) is 0 Å². The van der Waals surface area contributed by atoms with E-state index in [1.54, 1.807) is 0 Å². The van der Waals surface area contributed by atoms with Crippen LogP contribution < -0.4 is 5.73 Å². The van der Waals surface area contributed by atoms with Crippen molar-refractivity contribution in [2.75, 3.05) is 5.73 Å². The van der Waals surface area contributed by atoms with E-state index in [2.05, 4.69) is 9.97 Å². The highest BCUT2D eigenvalue weighted by Gasteiger charge is 2.06. The standard InChI is InChI=1S/C14H11N3/c15-14-16-12-9-5-4-8-11(12)13(17-14)10-6-2-1-3-7-10/h1-9H,(H2,15,16,17). The quantitative estimate of drug-likeness (QED) is 0.687. The van der Waals surface area contributed by atoms with Crippen molar-refractivity contribution in [2.24, 2.45) is 0 Å². The second kappa shape index (κ2) is 3.87. The Labute approximate surface area is 98.9 Å². The van der Waals surface area contributed by atoms with E-state index in [0.29, 0.717) is 5.95 Å². The highest BCUT2D eigenvalue weighted by Crippen LogP contribution is 2.25. The van der Waals surface area contributed by atoms with Crippen molar-refractivity contribution in [2.45, 2.75) is 0 Å². The molecule has 0 atom stereocenters. The Morgan fingerprint density at radius 2 is 1.47 bits per heavy atom. The molecule has 0 saturated carbocycles. The van der Waals surface area contributed by atoms with Gasteiger partial charge < -0.3 is 5.73 Å². The van der Waals surface area contributed by atoms with E-state index in [1.165, 1.54) is 0 Å². The number of nitrogen functional groups attached to an aromatic ring is 1. The van der Waals surface area contributed by atoms with Gasteiger partial charge in [0.15, 0.2) is 0 Å². The minimum absolute atomic E-state index is 0.308. The van der Waals surface area contributed by atoms with Gasteiger partial charge >= 0.3 is 0 Å². The SMILES string of the molecule is Nc1nc(-c2ccccc2)c2ccccc2n1. The van der Waals surface area contributed by atoms with Gasteiger partial charge in [-0.3, -0.25) is 0 Å². The molecule has 3 heteroatoms. The fourth-order valence-corrected chi connectivity index (χ4v) is 1.91. The van der Waals surface area contributed by atoms with E-state index in [0.717, 1.165) is 22.2 Å². The summed E-state index contributed by atoms with van der Waals surface area (Å²) in [5.41, 5.74) is 8.55. The van der Waals surface area contributed by atoms with E-state index < -0.39 is 0 Å². The summed E-state index contributed by atoms with van der Waals surface area (Å²) in [6, 6.07) is 17.9. The zero-order valence-electron chi connectivity index (χ0n) is 9.17. The molecule has 17 heavy (non-hydrogen) atoms. The Morgan fingerprint density at radius 1 is 0.765 bits per heavy atom. The highest BCUT2D eigenvalue weighted by molar-refractivity contribution is 5.92. The molecule has 0 unspecified atom stereocenters. The minimum atomic E-state index is 0.308. The van der Waals surface area contributed by atoms with Gasteiger partial charge in [-0.15, -0.1) is 0 Å². The predicted octanol–water partition coefficient (Wildman–Crippen LogP) is 2.88. The summed E-state index contributed by atoms with van der Waals surface area (Å²) >= 11 is 0. The topological polar surface area (TPSA) is 51.8 Å². The molecule has 0 amide bonds. The Kier molecular flexibility index (Phi) is 2.22. The third kappa shape index (κ3) is 1.72. The third-order valence-corrected chi connectivity index (χ3v) is 2.67. The van der Waals surface area contributed by atoms with E-state index in [9.17, 15) is 0 Å². The van der Waals surface area contributed by atoms with Crippen LogP contribution in [-0.4, -0.2) is 9.97 Å². The summed E-state index contributed by atoms with van der Waals surface area (Å²) in [6.45, 7) is 0. The van der Waals surface area contributed by atoms with Crippen molar-refractivity contribution in [1.82, 2.24) is 9.97 Å². The van der Waals surface area contributed by atoms with Gasteiger partial charge in [0.1, 0.15) is 0 Å². The summed E-state index contributed by atoms with van der Waals surface area (Å²) in [5.74, 6) is 0.308. The third-order valence-electron chi connectivity index (χ3n) is 2.67. The molecule has 0 aliphatic carbocycles. The first kappa shape index (κ1) is 9.78. The van der Waals surface area contributed by atoms with E-state index in [1.807, 2.05) is 54.6 Å². The lowest BCUT2D eigenvalue weighted by Crippen LogP contribution is -1.97. The molecule has 3 rings (SSSR count). The van der Waals surface area contributed by atoms with Gasteiger partial charge in [0.25, 0.3) is 0 Å². The Morgan fingerprint density at radius 3 is 2.29 bits per heavy atom. The number of aromatic nitrogens is 2. The molecule has 3 nitrogen and oxygen atoms in total. The molecule has 0 aliphatic heterocycles. The van der Waals surface area contributed by atoms with Crippen LogP contribution >= 0.6 is 0 Å². The molecule has 0 radical (unpaired) electrons. The zero-order valence-corrected chi connectivity index (χ0v) is 9.17. The molecule has 0 spiro atoms. The van der Waals surface area contributed by atoms with Crippen LogP contribution in [0.25, 0.3) is 22.2 Å². The van der Waals surface area contributed by atoms with Crippen LogP contribution in [0.4, 0.5) is 5.95 Å². The van der Waals surface area contributed by atoms with Crippen molar-refractivity contribution in [3.8, 4) is 11.3 Å².